The molecule has 0 fully saturated rings. The van der Waals surface area contributed by atoms with Crippen molar-refractivity contribution in [3.05, 3.63) is 43.0 Å². The van der Waals surface area contributed by atoms with Gasteiger partial charge in [0, 0.05) is 30.9 Å². The Kier molecular flexibility index (Phi) is 4.75. The largest absolute Gasteiger partial charge is 0.324 e. The van der Waals surface area contributed by atoms with Crippen LogP contribution in [0.4, 0.5) is 5.69 Å². The molecule has 1 heterocycles. The van der Waals surface area contributed by atoms with Gasteiger partial charge in [-0.2, -0.15) is 0 Å². The van der Waals surface area contributed by atoms with Gasteiger partial charge in [0.05, 0.1) is 17.7 Å². The van der Waals surface area contributed by atoms with Crippen LogP contribution in [-0.4, -0.2) is 27.5 Å². The molecule has 0 saturated carbocycles. The van der Waals surface area contributed by atoms with Crippen LogP contribution in [0.2, 0.25) is 0 Å². The summed E-state index contributed by atoms with van der Waals surface area (Å²) in [6.07, 6.45) is 5.72. The second-order valence-corrected chi connectivity index (χ2v) is 5.96. The van der Waals surface area contributed by atoms with E-state index in [9.17, 15) is 4.79 Å². The van der Waals surface area contributed by atoms with Gasteiger partial charge in [-0.05, 0) is 32.9 Å². The lowest BCUT2D eigenvalue weighted by Gasteiger charge is -2.20. The molecule has 112 valence electrons. The van der Waals surface area contributed by atoms with Gasteiger partial charge in [0.1, 0.15) is 0 Å². The number of amides is 1. The number of carbonyl (C=O) groups excluding carboxylic acids is 1. The number of hydrogen-bond acceptors (Lipinski definition) is 3. The van der Waals surface area contributed by atoms with E-state index in [1.165, 1.54) is 0 Å². The minimum atomic E-state index is -0.000634. The summed E-state index contributed by atoms with van der Waals surface area (Å²) < 4.78 is 1.88. The molecule has 2 N–H and O–H groups in total. The lowest BCUT2D eigenvalue weighted by atomic mass is 10.1. The summed E-state index contributed by atoms with van der Waals surface area (Å²) in [6, 6.07) is 7.69. The maximum atomic E-state index is 12.0. The maximum absolute atomic E-state index is 12.0. The Bertz CT molecular complexity index is 585. The van der Waals surface area contributed by atoms with Crippen LogP contribution >= 0.6 is 0 Å². The van der Waals surface area contributed by atoms with Crippen LogP contribution in [0.3, 0.4) is 0 Å². The SMILES string of the molecule is CC(C)(C)NCCC(=O)Nc1ccccc1-n1ccnc1. The second-order valence-electron chi connectivity index (χ2n) is 5.96. The summed E-state index contributed by atoms with van der Waals surface area (Å²) in [5.74, 6) is -0.000634. The molecule has 0 aliphatic rings. The molecule has 0 aliphatic heterocycles. The number of nitrogens with zero attached hydrogens (tertiary/aromatic N) is 2. The Morgan fingerprint density at radius 1 is 1.29 bits per heavy atom. The first-order valence-electron chi connectivity index (χ1n) is 7.08. The monoisotopic (exact) mass is 286 g/mol. The van der Waals surface area contributed by atoms with E-state index < -0.39 is 0 Å². The fraction of sp³-hybridized carbons (Fsp3) is 0.375. The summed E-state index contributed by atoms with van der Waals surface area (Å²) in [4.78, 5) is 16.1. The van der Waals surface area contributed by atoms with Crippen molar-refractivity contribution >= 4 is 11.6 Å². The van der Waals surface area contributed by atoms with E-state index in [1.54, 1.807) is 12.5 Å². The number of imidazole rings is 1. The average Bonchev–Trinajstić information content (AvgIpc) is 2.91. The lowest BCUT2D eigenvalue weighted by Crippen LogP contribution is -2.37. The average molecular weight is 286 g/mol. The fourth-order valence-corrected chi connectivity index (χ4v) is 1.97. The number of anilines is 1. The molecule has 0 unspecified atom stereocenters. The predicted molar refractivity (Wildman–Crippen MR) is 84.6 cm³/mol. The van der Waals surface area contributed by atoms with Gasteiger partial charge in [0.25, 0.3) is 0 Å². The molecule has 0 atom stereocenters. The molecule has 0 spiro atoms. The van der Waals surface area contributed by atoms with Gasteiger partial charge in [-0.3, -0.25) is 4.79 Å². The standard InChI is InChI=1S/C16H22N4O/c1-16(2,3)18-9-8-15(21)19-13-6-4-5-7-14(13)20-11-10-17-12-20/h4-7,10-12,18H,8-9H2,1-3H3,(H,19,21). The van der Waals surface area contributed by atoms with Crippen molar-refractivity contribution in [1.82, 2.24) is 14.9 Å². The molecule has 1 amide bonds. The number of carbonyl (C=O) groups is 1. The third-order valence-electron chi connectivity index (χ3n) is 2.97. The smallest absolute Gasteiger partial charge is 0.225 e. The molecule has 0 radical (unpaired) electrons. The van der Waals surface area contributed by atoms with Crippen molar-refractivity contribution in [2.75, 3.05) is 11.9 Å². The molecule has 1 aromatic heterocycles. The lowest BCUT2D eigenvalue weighted by molar-refractivity contribution is -0.116. The number of benzene rings is 1. The fourth-order valence-electron chi connectivity index (χ4n) is 1.97. The molecule has 5 nitrogen and oxygen atoms in total. The van der Waals surface area contributed by atoms with Crippen molar-refractivity contribution in [1.29, 1.82) is 0 Å². The van der Waals surface area contributed by atoms with E-state index in [1.807, 2.05) is 35.0 Å². The third-order valence-corrected chi connectivity index (χ3v) is 2.97. The Balaban J connectivity index is 1.99. The van der Waals surface area contributed by atoms with E-state index in [4.69, 9.17) is 0 Å². The van der Waals surface area contributed by atoms with Crippen LogP contribution in [0, 0.1) is 0 Å². The number of hydrogen-bond donors (Lipinski definition) is 2. The first-order chi connectivity index (χ1) is 9.96. The zero-order valence-electron chi connectivity index (χ0n) is 12.8. The van der Waals surface area contributed by atoms with Crippen LogP contribution in [0.5, 0.6) is 0 Å². The molecular weight excluding hydrogens is 264 g/mol. The molecule has 2 rings (SSSR count). The summed E-state index contributed by atoms with van der Waals surface area (Å²) in [6.45, 7) is 6.90. The summed E-state index contributed by atoms with van der Waals surface area (Å²) in [5, 5.41) is 6.26. The normalized spacial score (nSPS) is 11.4. The first kappa shape index (κ1) is 15.3. The van der Waals surface area contributed by atoms with Crippen molar-refractivity contribution in [2.24, 2.45) is 0 Å². The number of nitrogens with one attached hydrogen (secondary N) is 2. The van der Waals surface area contributed by atoms with Crippen LogP contribution < -0.4 is 10.6 Å². The summed E-state index contributed by atoms with van der Waals surface area (Å²) in [7, 11) is 0. The van der Waals surface area contributed by atoms with Crippen LogP contribution in [0.1, 0.15) is 27.2 Å². The van der Waals surface area contributed by atoms with Crippen LogP contribution in [0.25, 0.3) is 5.69 Å². The molecule has 5 heteroatoms. The zero-order valence-corrected chi connectivity index (χ0v) is 12.8. The highest BCUT2D eigenvalue weighted by Crippen LogP contribution is 2.19. The molecule has 1 aromatic carbocycles. The highest BCUT2D eigenvalue weighted by molar-refractivity contribution is 5.92. The minimum absolute atomic E-state index is 0.000634. The Morgan fingerprint density at radius 2 is 2.05 bits per heavy atom. The van der Waals surface area contributed by atoms with Gasteiger partial charge in [-0.25, -0.2) is 4.98 Å². The van der Waals surface area contributed by atoms with Crippen molar-refractivity contribution < 1.29 is 4.79 Å². The number of para-hydroxylation sites is 2. The first-order valence-corrected chi connectivity index (χ1v) is 7.08. The van der Waals surface area contributed by atoms with Gasteiger partial charge >= 0.3 is 0 Å². The van der Waals surface area contributed by atoms with Crippen molar-refractivity contribution in [3.8, 4) is 5.69 Å². The minimum Gasteiger partial charge on any atom is -0.324 e. The van der Waals surface area contributed by atoms with Crippen molar-refractivity contribution in [3.63, 3.8) is 0 Å². The van der Waals surface area contributed by atoms with Crippen LogP contribution in [-0.2, 0) is 4.79 Å². The van der Waals surface area contributed by atoms with Gasteiger partial charge in [-0.1, -0.05) is 12.1 Å². The Morgan fingerprint density at radius 3 is 2.71 bits per heavy atom. The Hall–Kier alpha value is -2.14. The third kappa shape index (κ3) is 4.72. The van der Waals surface area contributed by atoms with Crippen LogP contribution in [0.15, 0.2) is 43.0 Å². The van der Waals surface area contributed by atoms with Gasteiger partial charge in [-0.15, -0.1) is 0 Å². The Labute approximate surface area is 125 Å². The van der Waals surface area contributed by atoms with E-state index in [0.717, 1.165) is 11.4 Å². The van der Waals surface area contributed by atoms with Gasteiger partial charge in [0.15, 0.2) is 0 Å². The number of rotatable bonds is 5. The van der Waals surface area contributed by atoms with Gasteiger partial charge < -0.3 is 15.2 Å². The van der Waals surface area contributed by atoms with E-state index in [-0.39, 0.29) is 11.4 Å². The van der Waals surface area contributed by atoms with E-state index in [2.05, 4.69) is 36.4 Å². The second kappa shape index (κ2) is 6.54. The van der Waals surface area contributed by atoms with Gasteiger partial charge in [0.2, 0.25) is 5.91 Å². The maximum Gasteiger partial charge on any atom is 0.225 e. The predicted octanol–water partition coefficient (Wildman–Crippen LogP) is 2.59. The molecule has 21 heavy (non-hydrogen) atoms. The molecule has 0 aliphatic carbocycles. The van der Waals surface area contributed by atoms with E-state index in [0.29, 0.717) is 13.0 Å². The highest BCUT2D eigenvalue weighted by Gasteiger charge is 2.11. The summed E-state index contributed by atoms with van der Waals surface area (Å²) >= 11 is 0. The quantitative estimate of drug-likeness (QED) is 0.888. The molecular formula is C16H22N4O. The number of aromatic nitrogens is 2. The molecule has 0 bridgehead atoms. The topological polar surface area (TPSA) is 59.0 Å². The van der Waals surface area contributed by atoms with Crippen molar-refractivity contribution in [2.45, 2.75) is 32.7 Å². The molecule has 0 saturated heterocycles. The highest BCUT2D eigenvalue weighted by atomic mass is 16.1. The molecule has 2 aromatic rings. The van der Waals surface area contributed by atoms with E-state index >= 15 is 0 Å². The zero-order chi connectivity index (χ0) is 15.3. The summed E-state index contributed by atoms with van der Waals surface area (Å²) in [5.41, 5.74) is 1.72.